The Labute approximate surface area is 129 Å². The van der Waals surface area contributed by atoms with E-state index in [1.807, 2.05) is 0 Å². The van der Waals surface area contributed by atoms with Crippen LogP contribution in [0.5, 0.6) is 0 Å². The molecule has 5 heteroatoms. The molecule has 18 heavy (non-hydrogen) atoms. The second kappa shape index (κ2) is 15.0. The summed E-state index contributed by atoms with van der Waals surface area (Å²) in [7, 11) is 1.79. The van der Waals surface area contributed by atoms with Crippen LogP contribution in [0, 0.1) is 5.92 Å². The molecule has 0 bridgehead atoms. The van der Waals surface area contributed by atoms with Crippen molar-refractivity contribution in [3.05, 3.63) is 0 Å². The molecule has 0 fully saturated rings. The summed E-state index contributed by atoms with van der Waals surface area (Å²) in [6.07, 6.45) is 3.49. The largest absolute Gasteiger partial charge is 0.380 e. The first-order chi connectivity index (χ1) is 8.20. The van der Waals surface area contributed by atoms with Crippen LogP contribution in [-0.2, 0) is 4.74 Å². The summed E-state index contributed by atoms with van der Waals surface area (Å²) in [6, 6.07) is 0. The third-order valence-corrected chi connectivity index (χ3v) is 2.42. The minimum atomic E-state index is 0. The topological polar surface area (TPSA) is 45.6 Å². The smallest absolute Gasteiger partial charge is 0.191 e. The van der Waals surface area contributed by atoms with E-state index in [1.54, 1.807) is 7.05 Å². The van der Waals surface area contributed by atoms with Crippen molar-refractivity contribution in [2.45, 2.75) is 40.0 Å². The van der Waals surface area contributed by atoms with Gasteiger partial charge in [0, 0.05) is 26.7 Å². The van der Waals surface area contributed by atoms with Crippen molar-refractivity contribution in [3.8, 4) is 0 Å². The highest BCUT2D eigenvalue weighted by Crippen LogP contribution is 1.95. The molecule has 0 saturated carbocycles. The number of aliphatic imine (C=N–C) groups is 1. The van der Waals surface area contributed by atoms with E-state index in [4.69, 9.17) is 4.74 Å². The molecule has 0 aromatic heterocycles. The quantitative estimate of drug-likeness (QED) is 0.284. The van der Waals surface area contributed by atoms with Crippen molar-refractivity contribution >= 4 is 29.9 Å². The number of nitrogens with one attached hydrogen (secondary N) is 2. The number of nitrogens with zero attached hydrogens (tertiary/aromatic N) is 1. The van der Waals surface area contributed by atoms with Gasteiger partial charge in [-0.15, -0.1) is 24.0 Å². The molecule has 0 aliphatic rings. The molecule has 0 saturated heterocycles. The third kappa shape index (κ3) is 14.0. The first-order valence-corrected chi connectivity index (χ1v) is 6.73. The van der Waals surface area contributed by atoms with Crippen molar-refractivity contribution < 1.29 is 4.74 Å². The van der Waals surface area contributed by atoms with Gasteiger partial charge in [-0.25, -0.2) is 0 Å². The van der Waals surface area contributed by atoms with Gasteiger partial charge in [0.25, 0.3) is 0 Å². The molecule has 0 rings (SSSR count). The van der Waals surface area contributed by atoms with Crippen molar-refractivity contribution in [2.75, 3.05) is 33.4 Å². The van der Waals surface area contributed by atoms with Gasteiger partial charge in [-0.05, 0) is 18.8 Å². The van der Waals surface area contributed by atoms with E-state index in [-0.39, 0.29) is 24.0 Å². The van der Waals surface area contributed by atoms with Gasteiger partial charge in [0.15, 0.2) is 5.96 Å². The van der Waals surface area contributed by atoms with Gasteiger partial charge in [-0.2, -0.15) is 0 Å². The highest BCUT2D eigenvalue weighted by atomic mass is 127. The molecule has 110 valence electrons. The SMILES string of the molecule is CCCCOCCNC(=NC)NCCC(C)C.I. The first-order valence-electron chi connectivity index (χ1n) is 6.73. The normalized spacial score (nSPS) is 11.3. The maximum Gasteiger partial charge on any atom is 0.191 e. The summed E-state index contributed by atoms with van der Waals surface area (Å²) in [4.78, 5) is 4.16. The first kappa shape index (κ1) is 20.3. The Hall–Kier alpha value is -0.0400. The highest BCUT2D eigenvalue weighted by Gasteiger charge is 1.98. The molecule has 0 radical (unpaired) electrons. The van der Waals surface area contributed by atoms with Crippen LogP contribution in [0.15, 0.2) is 4.99 Å². The van der Waals surface area contributed by atoms with Gasteiger partial charge < -0.3 is 15.4 Å². The highest BCUT2D eigenvalue weighted by molar-refractivity contribution is 14.0. The molecule has 0 spiro atoms. The van der Waals surface area contributed by atoms with E-state index >= 15 is 0 Å². The molecule has 0 amide bonds. The van der Waals surface area contributed by atoms with Crippen LogP contribution >= 0.6 is 24.0 Å². The second-order valence-electron chi connectivity index (χ2n) is 4.57. The molecular formula is C13H30IN3O. The number of hydrogen-bond donors (Lipinski definition) is 2. The fraction of sp³-hybridized carbons (Fsp3) is 0.923. The summed E-state index contributed by atoms with van der Waals surface area (Å²) in [6.45, 7) is 9.99. The van der Waals surface area contributed by atoms with Gasteiger partial charge in [-0.3, -0.25) is 4.99 Å². The van der Waals surface area contributed by atoms with Crippen LogP contribution in [0.2, 0.25) is 0 Å². The van der Waals surface area contributed by atoms with E-state index in [2.05, 4.69) is 36.4 Å². The van der Waals surface area contributed by atoms with Crippen molar-refractivity contribution in [1.82, 2.24) is 10.6 Å². The van der Waals surface area contributed by atoms with Gasteiger partial charge in [0.05, 0.1) is 6.61 Å². The lowest BCUT2D eigenvalue weighted by Crippen LogP contribution is -2.39. The minimum Gasteiger partial charge on any atom is -0.380 e. The number of guanidine groups is 1. The van der Waals surface area contributed by atoms with Gasteiger partial charge in [0.2, 0.25) is 0 Å². The molecule has 0 atom stereocenters. The Morgan fingerprint density at radius 2 is 1.83 bits per heavy atom. The Kier molecular flexibility index (Phi) is 16.9. The molecule has 2 N–H and O–H groups in total. The zero-order valence-electron chi connectivity index (χ0n) is 12.3. The minimum absolute atomic E-state index is 0. The van der Waals surface area contributed by atoms with Crippen molar-refractivity contribution in [1.29, 1.82) is 0 Å². The number of ether oxygens (including phenoxy) is 1. The monoisotopic (exact) mass is 371 g/mol. The van der Waals surface area contributed by atoms with Crippen LogP contribution in [0.25, 0.3) is 0 Å². The van der Waals surface area contributed by atoms with E-state index in [0.29, 0.717) is 0 Å². The summed E-state index contributed by atoms with van der Waals surface area (Å²) < 4.78 is 5.47. The number of halogens is 1. The molecule has 0 aromatic carbocycles. The van der Waals surface area contributed by atoms with E-state index < -0.39 is 0 Å². The molecule has 0 unspecified atom stereocenters. The van der Waals surface area contributed by atoms with E-state index in [1.165, 1.54) is 6.42 Å². The van der Waals surface area contributed by atoms with E-state index in [9.17, 15) is 0 Å². The lowest BCUT2D eigenvalue weighted by molar-refractivity contribution is 0.136. The van der Waals surface area contributed by atoms with Crippen LogP contribution in [0.4, 0.5) is 0 Å². The zero-order chi connectivity index (χ0) is 12.9. The third-order valence-electron chi connectivity index (χ3n) is 2.42. The lowest BCUT2D eigenvalue weighted by Gasteiger charge is -2.12. The maximum absolute atomic E-state index is 5.47. The molecule has 4 nitrogen and oxygen atoms in total. The van der Waals surface area contributed by atoms with E-state index in [0.717, 1.165) is 51.0 Å². The Morgan fingerprint density at radius 3 is 2.39 bits per heavy atom. The number of rotatable bonds is 9. The summed E-state index contributed by atoms with van der Waals surface area (Å²) >= 11 is 0. The maximum atomic E-state index is 5.47. The second-order valence-corrected chi connectivity index (χ2v) is 4.57. The van der Waals surface area contributed by atoms with Gasteiger partial charge in [0.1, 0.15) is 0 Å². The molecule has 0 aliphatic carbocycles. The Morgan fingerprint density at radius 1 is 1.17 bits per heavy atom. The summed E-state index contributed by atoms with van der Waals surface area (Å²) in [5.74, 6) is 1.59. The van der Waals surface area contributed by atoms with Crippen LogP contribution in [0.3, 0.4) is 0 Å². The fourth-order valence-corrected chi connectivity index (χ4v) is 1.29. The van der Waals surface area contributed by atoms with Crippen LogP contribution in [-0.4, -0.2) is 39.3 Å². The number of hydrogen-bond acceptors (Lipinski definition) is 2. The summed E-state index contributed by atoms with van der Waals surface area (Å²) in [5.41, 5.74) is 0. The van der Waals surface area contributed by atoms with Crippen LogP contribution in [0.1, 0.15) is 40.0 Å². The zero-order valence-corrected chi connectivity index (χ0v) is 14.6. The van der Waals surface area contributed by atoms with Gasteiger partial charge in [-0.1, -0.05) is 27.2 Å². The average molecular weight is 371 g/mol. The molecule has 0 aliphatic heterocycles. The lowest BCUT2D eigenvalue weighted by atomic mass is 10.1. The Bertz CT molecular complexity index is 199. The molecule has 0 aromatic rings. The van der Waals surface area contributed by atoms with Gasteiger partial charge >= 0.3 is 0 Å². The number of unbranched alkanes of at least 4 members (excludes halogenated alkanes) is 1. The Balaban J connectivity index is 0. The van der Waals surface area contributed by atoms with Crippen molar-refractivity contribution in [3.63, 3.8) is 0 Å². The van der Waals surface area contributed by atoms with Crippen LogP contribution < -0.4 is 10.6 Å². The molecule has 0 heterocycles. The molecular weight excluding hydrogens is 341 g/mol. The van der Waals surface area contributed by atoms with Crippen molar-refractivity contribution in [2.24, 2.45) is 10.9 Å². The standard InChI is InChI=1S/C13H29N3O.HI/c1-5-6-10-17-11-9-16-13(14-4)15-8-7-12(2)3;/h12H,5-11H2,1-4H3,(H2,14,15,16);1H. The fourth-order valence-electron chi connectivity index (χ4n) is 1.29. The predicted molar refractivity (Wildman–Crippen MR) is 90.0 cm³/mol. The summed E-state index contributed by atoms with van der Waals surface area (Å²) in [5, 5.41) is 6.52. The predicted octanol–water partition coefficient (Wildman–Crippen LogP) is 2.63. The average Bonchev–Trinajstić information content (AvgIpc) is 2.30.